The van der Waals surface area contributed by atoms with E-state index in [9.17, 15) is 13.5 Å². The van der Waals surface area contributed by atoms with Crippen LogP contribution in [0.2, 0.25) is 0 Å². The minimum Gasteiger partial charge on any atom is -0.390 e. The molecule has 100 valence electrons. The molecule has 0 aromatic carbocycles. The average Bonchev–Trinajstić information content (AvgIpc) is 3.06. The fraction of sp³-hybridized carbons (Fsp3) is 1.00. The molecule has 0 amide bonds. The summed E-state index contributed by atoms with van der Waals surface area (Å²) >= 11 is 0. The predicted molar refractivity (Wildman–Crippen MR) is 66.7 cm³/mol. The van der Waals surface area contributed by atoms with E-state index in [1.165, 1.54) is 12.8 Å². The molecule has 1 heterocycles. The van der Waals surface area contributed by atoms with E-state index in [0.29, 0.717) is 37.8 Å². The van der Waals surface area contributed by atoms with Crippen LogP contribution in [0.1, 0.15) is 19.3 Å². The molecule has 2 fully saturated rings. The largest absolute Gasteiger partial charge is 0.390 e. The molecule has 1 aliphatic carbocycles. The van der Waals surface area contributed by atoms with Crippen LogP contribution < -0.4 is 5.32 Å². The monoisotopic (exact) mass is 262 g/mol. The Morgan fingerprint density at radius 2 is 2.06 bits per heavy atom. The smallest absolute Gasteiger partial charge is 0.151 e. The Kier molecular flexibility index (Phi) is 4.41. The van der Waals surface area contributed by atoms with Crippen molar-refractivity contribution in [2.24, 2.45) is 0 Å². The van der Waals surface area contributed by atoms with Crippen LogP contribution in [0.25, 0.3) is 0 Å². The second-order valence-electron chi connectivity index (χ2n) is 5.14. The van der Waals surface area contributed by atoms with E-state index < -0.39 is 15.9 Å². The number of hydrogen-bond donors (Lipinski definition) is 2. The van der Waals surface area contributed by atoms with Gasteiger partial charge in [0.2, 0.25) is 0 Å². The van der Waals surface area contributed by atoms with Gasteiger partial charge in [-0.15, -0.1) is 0 Å². The Labute approximate surface area is 103 Å². The molecule has 1 saturated heterocycles. The molecule has 1 atom stereocenters. The average molecular weight is 262 g/mol. The lowest BCUT2D eigenvalue weighted by Gasteiger charge is -2.22. The topological polar surface area (TPSA) is 69.6 Å². The van der Waals surface area contributed by atoms with E-state index in [0.717, 1.165) is 6.54 Å². The third-order valence-electron chi connectivity index (χ3n) is 3.34. The van der Waals surface area contributed by atoms with Gasteiger partial charge >= 0.3 is 0 Å². The zero-order chi connectivity index (χ0) is 12.3. The third kappa shape index (κ3) is 4.91. The van der Waals surface area contributed by atoms with Gasteiger partial charge in [0, 0.05) is 25.7 Å². The van der Waals surface area contributed by atoms with Gasteiger partial charge in [0.15, 0.2) is 9.84 Å². The van der Waals surface area contributed by atoms with Crippen LogP contribution in [0.4, 0.5) is 0 Å². The van der Waals surface area contributed by atoms with Crippen LogP contribution in [0.5, 0.6) is 0 Å². The maximum atomic E-state index is 11.4. The highest BCUT2D eigenvalue weighted by molar-refractivity contribution is 7.91. The molecule has 0 aromatic heterocycles. The van der Waals surface area contributed by atoms with Crippen LogP contribution >= 0.6 is 0 Å². The number of aliphatic hydroxyl groups excluding tert-OH is 1. The van der Waals surface area contributed by atoms with Crippen molar-refractivity contribution in [2.75, 3.05) is 37.7 Å². The first-order chi connectivity index (χ1) is 8.05. The molecule has 0 spiro atoms. The predicted octanol–water partition coefficient (Wildman–Crippen LogP) is -0.780. The van der Waals surface area contributed by atoms with Crippen LogP contribution in [0.3, 0.4) is 0 Å². The summed E-state index contributed by atoms with van der Waals surface area (Å²) in [6.45, 7) is 2.53. The summed E-state index contributed by atoms with van der Waals surface area (Å²) in [5, 5.41) is 13.1. The number of nitrogens with zero attached hydrogens (tertiary/aromatic N) is 1. The fourth-order valence-corrected chi connectivity index (χ4v) is 3.43. The van der Waals surface area contributed by atoms with Gasteiger partial charge in [-0.2, -0.15) is 0 Å². The molecule has 5 nitrogen and oxygen atoms in total. The number of β-amino-alcohol motifs (C(OH)–C–C–N with tert-alkyl or cyclic N) is 1. The molecule has 0 bridgehead atoms. The molecule has 1 saturated carbocycles. The van der Waals surface area contributed by atoms with Crippen LogP contribution in [-0.4, -0.2) is 68.3 Å². The van der Waals surface area contributed by atoms with Crippen molar-refractivity contribution in [1.82, 2.24) is 10.2 Å². The van der Waals surface area contributed by atoms with Gasteiger partial charge in [-0.1, -0.05) is 0 Å². The Hall–Kier alpha value is -0.170. The van der Waals surface area contributed by atoms with Gasteiger partial charge < -0.3 is 10.4 Å². The Morgan fingerprint density at radius 3 is 2.76 bits per heavy atom. The lowest BCUT2D eigenvalue weighted by molar-refractivity contribution is 0.115. The third-order valence-corrected chi connectivity index (χ3v) is 5.05. The van der Waals surface area contributed by atoms with Gasteiger partial charge in [0.25, 0.3) is 0 Å². The molecular formula is C11H22N2O3S. The molecular weight excluding hydrogens is 240 g/mol. The van der Waals surface area contributed by atoms with Gasteiger partial charge in [-0.05, 0) is 25.8 Å². The van der Waals surface area contributed by atoms with Gasteiger partial charge in [0.05, 0.1) is 17.6 Å². The fourth-order valence-electron chi connectivity index (χ4n) is 2.13. The summed E-state index contributed by atoms with van der Waals surface area (Å²) in [6, 6.07) is 0.606. The summed E-state index contributed by atoms with van der Waals surface area (Å²) in [6.07, 6.45) is 2.73. The van der Waals surface area contributed by atoms with Crippen LogP contribution in [0, 0.1) is 0 Å². The summed E-state index contributed by atoms with van der Waals surface area (Å²) in [5.41, 5.74) is 0. The van der Waals surface area contributed by atoms with Crippen molar-refractivity contribution in [3.8, 4) is 0 Å². The quantitative estimate of drug-likeness (QED) is 0.680. The van der Waals surface area contributed by atoms with Crippen LogP contribution in [0.15, 0.2) is 0 Å². The Balaban J connectivity index is 1.70. The lowest BCUT2D eigenvalue weighted by atomic mass is 10.3. The van der Waals surface area contributed by atoms with Crippen molar-refractivity contribution in [1.29, 1.82) is 0 Å². The number of aliphatic hydroxyl groups is 1. The van der Waals surface area contributed by atoms with Crippen molar-refractivity contribution in [2.45, 2.75) is 31.4 Å². The maximum Gasteiger partial charge on any atom is 0.151 e. The molecule has 1 aliphatic heterocycles. The first-order valence-corrected chi connectivity index (χ1v) is 8.21. The normalized spacial score (nSPS) is 27.6. The minimum atomic E-state index is -2.84. The molecule has 0 aromatic rings. The number of hydrogen-bond acceptors (Lipinski definition) is 5. The van der Waals surface area contributed by atoms with Crippen molar-refractivity contribution >= 4 is 9.84 Å². The van der Waals surface area contributed by atoms with E-state index in [-0.39, 0.29) is 5.75 Å². The standard InChI is InChI=1S/C11H22N2O3S/c14-11(8-12-10-2-3-10)9-13-4-1-6-17(15,16)7-5-13/h10-12,14H,1-9H2. The molecule has 0 radical (unpaired) electrons. The van der Waals surface area contributed by atoms with Gasteiger partial charge in [-0.25, -0.2) is 8.42 Å². The summed E-state index contributed by atoms with van der Waals surface area (Å²) in [7, 11) is -2.84. The van der Waals surface area contributed by atoms with Gasteiger partial charge in [-0.3, -0.25) is 4.90 Å². The van der Waals surface area contributed by atoms with Crippen molar-refractivity contribution < 1.29 is 13.5 Å². The van der Waals surface area contributed by atoms with Crippen molar-refractivity contribution in [3.05, 3.63) is 0 Å². The maximum absolute atomic E-state index is 11.4. The van der Waals surface area contributed by atoms with E-state index >= 15 is 0 Å². The molecule has 6 heteroatoms. The second-order valence-corrected chi connectivity index (χ2v) is 7.45. The first-order valence-electron chi connectivity index (χ1n) is 6.39. The van der Waals surface area contributed by atoms with E-state index in [4.69, 9.17) is 0 Å². The molecule has 17 heavy (non-hydrogen) atoms. The van der Waals surface area contributed by atoms with E-state index in [1.54, 1.807) is 0 Å². The van der Waals surface area contributed by atoms with E-state index in [1.807, 2.05) is 0 Å². The summed E-state index contributed by atoms with van der Waals surface area (Å²) in [4.78, 5) is 2.06. The number of rotatable bonds is 5. The van der Waals surface area contributed by atoms with Crippen molar-refractivity contribution in [3.63, 3.8) is 0 Å². The number of nitrogens with one attached hydrogen (secondary N) is 1. The SMILES string of the molecule is O=S1(=O)CCCN(CC(O)CNC2CC2)CC1. The second kappa shape index (κ2) is 5.65. The molecule has 2 rings (SSSR count). The lowest BCUT2D eigenvalue weighted by Crippen LogP contribution is -2.40. The van der Waals surface area contributed by atoms with E-state index in [2.05, 4.69) is 10.2 Å². The molecule has 2 N–H and O–H groups in total. The number of sulfone groups is 1. The Bertz CT molecular complexity index is 341. The molecule has 1 unspecified atom stereocenters. The minimum absolute atomic E-state index is 0.232. The highest BCUT2D eigenvalue weighted by atomic mass is 32.2. The summed E-state index contributed by atoms with van der Waals surface area (Å²) in [5.74, 6) is 0.524. The van der Waals surface area contributed by atoms with Gasteiger partial charge in [0.1, 0.15) is 0 Å². The first kappa shape index (κ1) is 13.3. The zero-order valence-corrected chi connectivity index (χ0v) is 11.0. The molecule has 2 aliphatic rings. The van der Waals surface area contributed by atoms with Crippen LogP contribution in [-0.2, 0) is 9.84 Å². The summed E-state index contributed by atoms with van der Waals surface area (Å²) < 4.78 is 22.8. The zero-order valence-electron chi connectivity index (χ0n) is 10.1. The highest BCUT2D eigenvalue weighted by Gasteiger charge is 2.23. The highest BCUT2D eigenvalue weighted by Crippen LogP contribution is 2.18. The Morgan fingerprint density at radius 1 is 1.29 bits per heavy atom.